The number of fused-ring (bicyclic) bond motifs is 4. The molecule has 6 rings (SSSR count). The lowest BCUT2D eigenvalue weighted by molar-refractivity contribution is -0.184. The minimum atomic E-state index is -0.874. The molecule has 2 heterocycles. The molecule has 1 amide bonds. The molecule has 6 heteroatoms. The van der Waals surface area contributed by atoms with Crippen molar-refractivity contribution in [1.82, 2.24) is 9.88 Å². The molecule has 2 N–H and O–H groups in total. The van der Waals surface area contributed by atoms with E-state index in [0.717, 1.165) is 23.2 Å². The molecular weight excluding hydrogens is 388 g/mol. The number of aliphatic hydroxyl groups is 1. The van der Waals surface area contributed by atoms with Crippen molar-refractivity contribution in [3.05, 3.63) is 35.0 Å². The highest BCUT2D eigenvalue weighted by molar-refractivity contribution is 6.36. The van der Waals surface area contributed by atoms with E-state index in [4.69, 9.17) is 16.3 Å². The number of benzene rings is 1. The highest BCUT2D eigenvalue weighted by Gasteiger charge is 2.40. The molecule has 156 valence electrons. The van der Waals surface area contributed by atoms with Gasteiger partial charge in [0.05, 0.1) is 35.9 Å². The van der Waals surface area contributed by atoms with E-state index in [2.05, 4.69) is 5.32 Å². The molecule has 2 aromatic rings. The summed E-state index contributed by atoms with van der Waals surface area (Å²) < 4.78 is 7.10. The van der Waals surface area contributed by atoms with Gasteiger partial charge in [0.25, 0.3) is 5.91 Å². The molecule has 0 unspecified atom stereocenters. The number of aromatic nitrogens is 1. The minimum absolute atomic E-state index is 0.0837. The van der Waals surface area contributed by atoms with Crippen LogP contribution in [-0.4, -0.2) is 40.9 Å². The lowest BCUT2D eigenvalue weighted by Gasteiger charge is -2.46. The number of rotatable bonds is 6. The minimum Gasteiger partial charge on any atom is -0.383 e. The van der Waals surface area contributed by atoms with Gasteiger partial charge in [-0.15, -0.1) is 0 Å². The van der Waals surface area contributed by atoms with Crippen molar-refractivity contribution in [3.63, 3.8) is 0 Å². The van der Waals surface area contributed by atoms with E-state index in [1.54, 1.807) is 0 Å². The maximum absolute atomic E-state index is 13.0. The quantitative estimate of drug-likeness (QED) is 0.743. The van der Waals surface area contributed by atoms with Crippen molar-refractivity contribution in [2.24, 2.45) is 11.3 Å². The zero-order chi connectivity index (χ0) is 20.1. The first-order valence-electron chi connectivity index (χ1n) is 10.8. The van der Waals surface area contributed by atoms with Gasteiger partial charge in [0.1, 0.15) is 5.60 Å². The second-order valence-electron chi connectivity index (χ2n) is 9.51. The number of hydrogen-bond acceptors (Lipinski definition) is 3. The molecule has 29 heavy (non-hydrogen) atoms. The molecule has 0 atom stereocenters. The number of halogens is 1. The smallest absolute Gasteiger partial charge is 0.253 e. The molecule has 2 bridgehead atoms. The summed E-state index contributed by atoms with van der Waals surface area (Å²) in [6.45, 7) is 1.73. The second-order valence-corrected chi connectivity index (χ2v) is 9.92. The van der Waals surface area contributed by atoms with Crippen molar-refractivity contribution in [1.29, 1.82) is 0 Å². The van der Waals surface area contributed by atoms with E-state index < -0.39 is 5.60 Å². The number of carbonyl (C=O) groups is 1. The van der Waals surface area contributed by atoms with Crippen molar-refractivity contribution in [3.8, 4) is 0 Å². The summed E-state index contributed by atoms with van der Waals surface area (Å²) in [7, 11) is 0. The van der Waals surface area contributed by atoms with Gasteiger partial charge >= 0.3 is 0 Å². The SMILES string of the molecule is O=C(NCCC12CCC(CC1)CC2)c1cn(CC2(O)COC2)c2cccc(Cl)c12. The molecule has 4 aliphatic rings. The molecule has 1 aromatic heterocycles. The number of amides is 1. The van der Waals surface area contributed by atoms with Crippen LogP contribution in [0.15, 0.2) is 24.4 Å². The summed E-state index contributed by atoms with van der Waals surface area (Å²) in [5.74, 6) is 0.871. The Morgan fingerprint density at radius 3 is 2.62 bits per heavy atom. The third kappa shape index (κ3) is 3.58. The van der Waals surface area contributed by atoms with Crippen LogP contribution in [0.5, 0.6) is 0 Å². The van der Waals surface area contributed by atoms with Crippen LogP contribution in [0, 0.1) is 11.3 Å². The summed E-state index contributed by atoms with van der Waals surface area (Å²) in [5, 5.41) is 15.0. The van der Waals surface area contributed by atoms with E-state index in [9.17, 15) is 9.90 Å². The topological polar surface area (TPSA) is 63.5 Å². The van der Waals surface area contributed by atoms with Crippen LogP contribution in [0.2, 0.25) is 5.02 Å². The largest absolute Gasteiger partial charge is 0.383 e. The molecule has 0 radical (unpaired) electrons. The van der Waals surface area contributed by atoms with Crippen LogP contribution in [-0.2, 0) is 11.3 Å². The number of hydrogen-bond donors (Lipinski definition) is 2. The van der Waals surface area contributed by atoms with Gasteiger partial charge in [-0.1, -0.05) is 17.7 Å². The molecule has 1 saturated heterocycles. The number of carbonyl (C=O) groups excluding carboxylic acids is 1. The maximum atomic E-state index is 13.0. The molecule has 0 spiro atoms. The third-order valence-electron chi connectivity index (χ3n) is 7.50. The number of nitrogens with zero attached hydrogens (tertiary/aromatic N) is 1. The Morgan fingerprint density at radius 2 is 1.97 bits per heavy atom. The monoisotopic (exact) mass is 416 g/mol. The van der Waals surface area contributed by atoms with E-state index in [-0.39, 0.29) is 5.91 Å². The molecular formula is C23H29ClN2O3. The Kier molecular flexibility index (Phi) is 4.88. The Morgan fingerprint density at radius 1 is 1.24 bits per heavy atom. The summed E-state index contributed by atoms with van der Waals surface area (Å²) in [6.07, 6.45) is 10.9. The van der Waals surface area contributed by atoms with Gasteiger partial charge < -0.3 is 19.7 Å². The van der Waals surface area contributed by atoms with Crippen LogP contribution in [0.3, 0.4) is 0 Å². The van der Waals surface area contributed by atoms with Gasteiger partial charge in [-0.25, -0.2) is 0 Å². The summed E-state index contributed by atoms with van der Waals surface area (Å²) >= 11 is 6.46. The maximum Gasteiger partial charge on any atom is 0.253 e. The highest BCUT2D eigenvalue weighted by atomic mass is 35.5. The fourth-order valence-corrected chi connectivity index (χ4v) is 5.88. The lowest BCUT2D eigenvalue weighted by Crippen LogP contribution is -2.52. The van der Waals surface area contributed by atoms with E-state index in [1.165, 1.54) is 38.5 Å². The fourth-order valence-electron chi connectivity index (χ4n) is 5.61. The first kappa shape index (κ1) is 19.4. The standard InChI is InChI=1S/C23H29ClN2O3/c24-18-2-1-3-19-20(18)17(12-26(19)13-23(28)14-29-15-23)21(27)25-11-10-22-7-4-16(5-8-22)6-9-22/h1-3,12,16,28H,4-11,13-15H2,(H,25,27). The van der Waals surface area contributed by atoms with Gasteiger partial charge in [0, 0.05) is 18.1 Å². The third-order valence-corrected chi connectivity index (χ3v) is 7.81. The number of ether oxygens (including phenoxy) is 1. The predicted octanol–water partition coefficient (Wildman–Crippen LogP) is 4.15. The van der Waals surface area contributed by atoms with Crippen LogP contribution < -0.4 is 5.32 Å². The van der Waals surface area contributed by atoms with Gasteiger partial charge in [0.2, 0.25) is 0 Å². The van der Waals surface area contributed by atoms with Crippen molar-refractivity contribution in [2.45, 2.75) is 57.1 Å². The van der Waals surface area contributed by atoms with Crippen molar-refractivity contribution in [2.75, 3.05) is 19.8 Å². The summed E-state index contributed by atoms with van der Waals surface area (Å²) in [4.78, 5) is 13.0. The second kappa shape index (κ2) is 7.29. The van der Waals surface area contributed by atoms with E-state index >= 15 is 0 Å². The zero-order valence-electron chi connectivity index (χ0n) is 16.8. The zero-order valence-corrected chi connectivity index (χ0v) is 17.5. The first-order valence-corrected chi connectivity index (χ1v) is 11.2. The summed E-state index contributed by atoms with van der Waals surface area (Å²) in [5.41, 5.74) is 1.02. The molecule has 3 aliphatic carbocycles. The number of nitrogens with one attached hydrogen (secondary N) is 1. The average molecular weight is 417 g/mol. The highest BCUT2D eigenvalue weighted by Crippen LogP contribution is 2.51. The fraction of sp³-hybridized carbons (Fsp3) is 0.609. The van der Waals surface area contributed by atoms with Crippen molar-refractivity contribution >= 4 is 28.4 Å². The molecule has 4 fully saturated rings. The van der Waals surface area contributed by atoms with Gasteiger partial charge in [0.15, 0.2) is 0 Å². The first-order chi connectivity index (χ1) is 14.0. The van der Waals surface area contributed by atoms with Gasteiger partial charge in [-0.05, 0) is 68.4 Å². The van der Waals surface area contributed by atoms with Crippen LogP contribution in [0.1, 0.15) is 55.3 Å². The average Bonchev–Trinajstić information content (AvgIpc) is 3.08. The van der Waals surface area contributed by atoms with Crippen LogP contribution in [0.4, 0.5) is 0 Å². The van der Waals surface area contributed by atoms with Crippen LogP contribution in [0.25, 0.3) is 10.9 Å². The van der Waals surface area contributed by atoms with Gasteiger partial charge in [-0.2, -0.15) is 0 Å². The Balaban J connectivity index is 1.33. The molecule has 1 aromatic carbocycles. The van der Waals surface area contributed by atoms with Gasteiger partial charge in [-0.3, -0.25) is 4.79 Å². The van der Waals surface area contributed by atoms with Crippen LogP contribution >= 0.6 is 11.6 Å². The molecule has 3 saturated carbocycles. The van der Waals surface area contributed by atoms with E-state index in [1.807, 2.05) is 29.0 Å². The Bertz CT molecular complexity index is 912. The lowest BCUT2D eigenvalue weighted by atomic mass is 9.59. The van der Waals surface area contributed by atoms with Crippen molar-refractivity contribution < 1.29 is 14.6 Å². The molecule has 1 aliphatic heterocycles. The predicted molar refractivity (Wildman–Crippen MR) is 113 cm³/mol. The summed E-state index contributed by atoms with van der Waals surface area (Å²) in [6, 6.07) is 5.63. The van der Waals surface area contributed by atoms with E-state index in [0.29, 0.717) is 42.3 Å². The molecule has 5 nitrogen and oxygen atoms in total. The normalized spacial score (nSPS) is 27.7. The Labute approximate surface area is 176 Å². The Hall–Kier alpha value is -1.56.